The first-order chi connectivity index (χ1) is 8.93. The maximum Gasteiger partial charge on any atom is 0.191 e. The van der Waals surface area contributed by atoms with Crippen molar-refractivity contribution < 1.29 is 0 Å². The van der Waals surface area contributed by atoms with Gasteiger partial charge in [0, 0.05) is 26.2 Å². The lowest BCUT2D eigenvalue weighted by Crippen LogP contribution is -2.48. The molecule has 0 aromatic carbocycles. The van der Waals surface area contributed by atoms with Crippen LogP contribution in [0.5, 0.6) is 0 Å². The molecular weight excluding hydrogens is 236 g/mol. The highest BCUT2D eigenvalue weighted by atomic mass is 15.2. The molecule has 1 rings (SSSR count). The second-order valence-corrected chi connectivity index (χ2v) is 6.81. The van der Waals surface area contributed by atoms with E-state index < -0.39 is 0 Å². The van der Waals surface area contributed by atoms with Crippen molar-refractivity contribution in [3.05, 3.63) is 0 Å². The third-order valence-corrected chi connectivity index (χ3v) is 3.65. The largest absolute Gasteiger partial charge is 0.356 e. The summed E-state index contributed by atoms with van der Waals surface area (Å²) >= 11 is 0. The van der Waals surface area contributed by atoms with Crippen molar-refractivity contribution >= 4 is 5.96 Å². The lowest BCUT2D eigenvalue weighted by atomic mass is 9.93. The number of nitrogens with zero attached hydrogens (tertiary/aromatic N) is 2. The van der Waals surface area contributed by atoms with E-state index >= 15 is 0 Å². The molecule has 0 unspecified atom stereocenters. The van der Waals surface area contributed by atoms with Crippen LogP contribution >= 0.6 is 0 Å². The van der Waals surface area contributed by atoms with Crippen LogP contribution in [0.2, 0.25) is 0 Å². The van der Waals surface area contributed by atoms with Crippen molar-refractivity contribution in [1.82, 2.24) is 15.5 Å². The van der Waals surface area contributed by atoms with Crippen LogP contribution in [0.3, 0.4) is 0 Å². The summed E-state index contributed by atoms with van der Waals surface area (Å²) in [5, 5.41) is 7.03. The monoisotopic (exact) mass is 268 g/mol. The Labute approximate surface area is 119 Å². The summed E-state index contributed by atoms with van der Waals surface area (Å²) in [4.78, 5) is 6.58. The van der Waals surface area contributed by atoms with Crippen molar-refractivity contribution in [2.45, 2.75) is 52.0 Å². The van der Waals surface area contributed by atoms with E-state index in [1.165, 1.54) is 32.1 Å². The van der Waals surface area contributed by atoms with Crippen LogP contribution in [-0.4, -0.2) is 51.1 Å². The molecule has 0 amide bonds. The predicted molar refractivity (Wildman–Crippen MR) is 83.7 cm³/mol. The van der Waals surface area contributed by atoms with Gasteiger partial charge in [-0.3, -0.25) is 4.99 Å². The van der Waals surface area contributed by atoms with E-state index in [1.807, 2.05) is 7.05 Å². The fraction of sp³-hybridized carbons (Fsp3) is 0.933. The first kappa shape index (κ1) is 16.3. The summed E-state index contributed by atoms with van der Waals surface area (Å²) in [5.41, 5.74) is 0.244. The van der Waals surface area contributed by atoms with Crippen molar-refractivity contribution in [3.8, 4) is 0 Å². The van der Waals surface area contributed by atoms with Gasteiger partial charge in [-0.1, -0.05) is 33.1 Å². The second-order valence-electron chi connectivity index (χ2n) is 6.81. The van der Waals surface area contributed by atoms with Gasteiger partial charge in [-0.2, -0.15) is 0 Å². The number of aliphatic imine (C=N–C) groups is 1. The van der Waals surface area contributed by atoms with Crippen molar-refractivity contribution in [2.75, 3.05) is 34.2 Å². The molecule has 0 radical (unpaired) electrons. The van der Waals surface area contributed by atoms with Crippen LogP contribution in [0, 0.1) is 5.41 Å². The van der Waals surface area contributed by atoms with Crippen LogP contribution in [0.1, 0.15) is 46.0 Å². The third-order valence-electron chi connectivity index (χ3n) is 3.65. The lowest BCUT2D eigenvalue weighted by molar-refractivity contribution is 0.240. The van der Waals surface area contributed by atoms with Gasteiger partial charge in [-0.05, 0) is 32.4 Å². The molecule has 0 heterocycles. The summed E-state index contributed by atoms with van der Waals surface area (Å²) in [6, 6.07) is 0.608. The minimum atomic E-state index is 0.244. The average molecular weight is 268 g/mol. The maximum absolute atomic E-state index is 4.35. The van der Waals surface area contributed by atoms with Crippen LogP contribution in [0.4, 0.5) is 0 Å². The summed E-state index contributed by atoms with van der Waals surface area (Å²) < 4.78 is 0. The minimum absolute atomic E-state index is 0.244. The Balaban J connectivity index is 2.36. The maximum atomic E-state index is 4.35. The van der Waals surface area contributed by atoms with Crippen LogP contribution in [0.15, 0.2) is 4.99 Å². The Bertz CT molecular complexity index is 278. The van der Waals surface area contributed by atoms with Crippen molar-refractivity contribution in [1.29, 1.82) is 0 Å². The first-order valence-electron chi connectivity index (χ1n) is 7.55. The zero-order valence-corrected chi connectivity index (χ0v) is 13.4. The SMILES string of the molecule is CN=C(NCC(C)(C)CN(C)C)NC1CCCCC1. The van der Waals surface area contributed by atoms with Crippen LogP contribution in [-0.2, 0) is 0 Å². The summed E-state index contributed by atoms with van der Waals surface area (Å²) in [7, 11) is 6.10. The Kier molecular flexibility index (Phi) is 6.63. The van der Waals surface area contributed by atoms with Gasteiger partial charge in [0.25, 0.3) is 0 Å². The van der Waals surface area contributed by atoms with E-state index in [0.717, 1.165) is 19.0 Å². The molecule has 0 aliphatic heterocycles. The minimum Gasteiger partial charge on any atom is -0.356 e. The Hall–Kier alpha value is -0.770. The molecule has 0 spiro atoms. The van der Waals surface area contributed by atoms with E-state index in [9.17, 15) is 0 Å². The summed E-state index contributed by atoms with van der Waals surface area (Å²) in [6.45, 7) is 6.58. The molecule has 1 saturated carbocycles. The quantitative estimate of drug-likeness (QED) is 0.592. The van der Waals surface area contributed by atoms with Gasteiger partial charge in [-0.25, -0.2) is 0 Å². The lowest BCUT2D eigenvalue weighted by Gasteiger charge is -2.30. The number of nitrogens with one attached hydrogen (secondary N) is 2. The van der Waals surface area contributed by atoms with Gasteiger partial charge in [0.1, 0.15) is 0 Å². The third kappa shape index (κ3) is 6.81. The van der Waals surface area contributed by atoms with Gasteiger partial charge in [-0.15, -0.1) is 0 Å². The smallest absolute Gasteiger partial charge is 0.191 e. The molecule has 0 aromatic rings. The molecule has 0 atom stereocenters. The summed E-state index contributed by atoms with van der Waals surface area (Å²) in [6.07, 6.45) is 6.64. The summed E-state index contributed by atoms with van der Waals surface area (Å²) in [5.74, 6) is 0.957. The topological polar surface area (TPSA) is 39.7 Å². The highest BCUT2D eigenvalue weighted by Gasteiger charge is 2.20. The fourth-order valence-electron chi connectivity index (χ4n) is 2.87. The van der Waals surface area contributed by atoms with E-state index in [2.05, 4.69) is 48.5 Å². The number of hydrogen-bond acceptors (Lipinski definition) is 2. The standard InChI is InChI=1S/C15H32N4/c1-15(2,12-19(4)5)11-17-14(16-3)18-13-9-7-6-8-10-13/h13H,6-12H2,1-5H3,(H2,16,17,18). The fourth-order valence-corrected chi connectivity index (χ4v) is 2.87. The highest BCUT2D eigenvalue weighted by molar-refractivity contribution is 5.80. The van der Waals surface area contributed by atoms with E-state index in [4.69, 9.17) is 0 Å². The molecule has 1 fully saturated rings. The Morgan fingerprint density at radius 1 is 1.21 bits per heavy atom. The molecule has 4 nitrogen and oxygen atoms in total. The molecular formula is C15H32N4. The van der Waals surface area contributed by atoms with Gasteiger partial charge < -0.3 is 15.5 Å². The number of rotatable bonds is 5. The molecule has 1 aliphatic rings. The van der Waals surface area contributed by atoms with Gasteiger partial charge in [0.05, 0.1) is 0 Å². The van der Waals surface area contributed by atoms with Gasteiger partial charge in [0.15, 0.2) is 5.96 Å². The average Bonchev–Trinajstić information content (AvgIpc) is 2.34. The zero-order valence-electron chi connectivity index (χ0n) is 13.4. The van der Waals surface area contributed by atoms with Crippen molar-refractivity contribution in [2.24, 2.45) is 10.4 Å². The molecule has 2 N–H and O–H groups in total. The number of hydrogen-bond donors (Lipinski definition) is 2. The normalized spacial score (nSPS) is 18.7. The van der Waals surface area contributed by atoms with Crippen LogP contribution in [0.25, 0.3) is 0 Å². The molecule has 19 heavy (non-hydrogen) atoms. The Morgan fingerprint density at radius 3 is 2.37 bits per heavy atom. The Morgan fingerprint density at radius 2 is 1.84 bits per heavy atom. The van der Waals surface area contributed by atoms with E-state index in [0.29, 0.717) is 6.04 Å². The zero-order chi connectivity index (χ0) is 14.3. The second kappa shape index (κ2) is 7.73. The first-order valence-corrected chi connectivity index (χ1v) is 7.55. The highest BCUT2D eigenvalue weighted by Crippen LogP contribution is 2.17. The van der Waals surface area contributed by atoms with Crippen molar-refractivity contribution in [3.63, 3.8) is 0 Å². The predicted octanol–water partition coefficient (Wildman–Crippen LogP) is 2.07. The number of guanidine groups is 1. The molecule has 0 saturated heterocycles. The van der Waals surface area contributed by atoms with E-state index in [1.54, 1.807) is 0 Å². The van der Waals surface area contributed by atoms with E-state index in [-0.39, 0.29) is 5.41 Å². The molecule has 0 aromatic heterocycles. The molecule has 0 bridgehead atoms. The molecule has 4 heteroatoms. The van der Waals surface area contributed by atoms with Gasteiger partial charge >= 0.3 is 0 Å². The molecule has 1 aliphatic carbocycles. The van der Waals surface area contributed by atoms with Crippen LogP contribution < -0.4 is 10.6 Å². The molecule has 112 valence electrons. The van der Waals surface area contributed by atoms with Gasteiger partial charge in [0.2, 0.25) is 0 Å².